The Morgan fingerprint density at radius 1 is 0.982 bits per heavy atom. The third kappa shape index (κ3) is 11.3. The first-order chi connectivity index (χ1) is 27.1. The molecule has 1 unspecified atom stereocenters. The number of carbonyl (C=O) groups is 5. The van der Waals surface area contributed by atoms with Crippen LogP contribution in [0.4, 0.5) is 21.2 Å². The second kappa shape index (κ2) is 18.8. The van der Waals surface area contributed by atoms with Crippen LogP contribution in [0.25, 0.3) is 6.08 Å². The fraction of sp³-hybridized carbons (Fsp3) is 0.293. The summed E-state index contributed by atoms with van der Waals surface area (Å²) in [7, 11) is 0. The molecule has 16 heteroatoms. The van der Waals surface area contributed by atoms with E-state index in [9.17, 15) is 34.1 Å². The first-order valence-corrected chi connectivity index (χ1v) is 19.9. The van der Waals surface area contributed by atoms with Gasteiger partial charge in [0.15, 0.2) is 0 Å². The Bertz CT molecular complexity index is 2180. The maximum atomic E-state index is 13.8. The number of fused-ring (bicyclic) bond motifs is 1. The van der Waals surface area contributed by atoms with Crippen molar-refractivity contribution in [1.82, 2.24) is 10.2 Å². The van der Waals surface area contributed by atoms with Crippen LogP contribution >= 0.6 is 23.1 Å². The zero-order valence-electron chi connectivity index (χ0n) is 32.1. The molecule has 0 bridgehead atoms. The van der Waals surface area contributed by atoms with Crippen LogP contribution in [0.2, 0.25) is 0 Å². The number of esters is 1. The van der Waals surface area contributed by atoms with Gasteiger partial charge in [0.05, 0.1) is 28.9 Å². The summed E-state index contributed by atoms with van der Waals surface area (Å²) < 4.78 is 10.9. The summed E-state index contributed by atoms with van der Waals surface area (Å²) in [5, 5.41) is 19.3. The standard InChI is InChI=1S/C41H43N5O9S2/c1-6-32(37(49)44-38-34(39(50)54-7-2)30-20-21-45(24-33(30)57-38)40(51)55-41(3,4)5)56-29-15-11-14-27(23-29)42-36(48)31(43-35(47)26-12-9-8-10-13-26)22-25-16-18-28(19-17-25)46(52)53/h8-19,22-23,32H,6-7,20-21,24H2,1-5H3,(H,42,48)(H,43,47)(H,44,49)/b31-22+. The van der Waals surface area contributed by atoms with E-state index < -0.39 is 39.7 Å². The minimum absolute atomic E-state index is 0.105. The van der Waals surface area contributed by atoms with E-state index in [2.05, 4.69) is 16.0 Å². The molecule has 0 spiro atoms. The number of benzene rings is 3. The average molecular weight is 814 g/mol. The van der Waals surface area contributed by atoms with Crippen LogP contribution in [-0.4, -0.2) is 63.6 Å². The predicted octanol–water partition coefficient (Wildman–Crippen LogP) is 8.05. The lowest BCUT2D eigenvalue weighted by Gasteiger charge is -2.30. The third-order valence-corrected chi connectivity index (χ3v) is 10.9. The minimum atomic E-state index is -0.669. The Labute approximate surface area is 338 Å². The number of carbonyl (C=O) groups excluding carboxylic acids is 5. The maximum Gasteiger partial charge on any atom is 0.410 e. The molecule has 5 rings (SSSR count). The Kier molecular flexibility index (Phi) is 13.9. The van der Waals surface area contributed by atoms with Gasteiger partial charge in [-0.2, -0.15) is 0 Å². The van der Waals surface area contributed by atoms with Crippen LogP contribution in [0.1, 0.15) is 77.8 Å². The lowest BCUT2D eigenvalue weighted by Crippen LogP contribution is -2.39. The average Bonchev–Trinajstić information content (AvgIpc) is 3.53. The quantitative estimate of drug-likeness (QED) is 0.0392. The van der Waals surface area contributed by atoms with Gasteiger partial charge in [-0.1, -0.05) is 31.2 Å². The van der Waals surface area contributed by atoms with E-state index in [1.807, 2.05) is 6.92 Å². The molecule has 3 N–H and O–H groups in total. The highest BCUT2D eigenvalue weighted by Crippen LogP contribution is 2.39. The van der Waals surface area contributed by atoms with E-state index in [4.69, 9.17) is 9.47 Å². The molecule has 0 fully saturated rings. The van der Waals surface area contributed by atoms with Crippen molar-refractivity contribution in [3.8, 4) is 0 Å². The largest absolute Gasteiger partial charge is 0.462 e. The first kappa shape index (κ1) is 42.1. The lowest BCUT2D eigenvalue weighted by atomic mass is 10.0. The number of hydrogen-bond acceptors (Lipinski definition) is 11. The molecule has 1 atom stereocenters. The molecule has 57 heavy (non-hydrogen) atoms. The molecule has 3 aromatic carbocycles. The second-order valence-corrected chi connectivity index (χ2v) is 16.2. The van der Waals surface area contributed by atoms with E-state index in [1.54, 1.807) is 87.2 Å². The van der Waals surface area contributed by atoms with Gasteiger partial charge in [-0.15, -0.1) is 23.1 Å². The van der Waals surface area contributed by atoms with E-state index in [0.717, 1.165) is 10.4 Å². The van der Waals surface area contributed by atoms with E-state index in [0.29, 0.717) is 46.1 Å². The highest BCUT2D eigenvalue weighted by molar-refractivity contribution is 8.00. The zero-order chi connectivity index (χ0) is 41.3. The molecule has 4 aromatic rings. The number of nitro benzene ring substituents is 1. The molecular formula is C41H43N5O9S2. The Morgan fingerprint density at radius 3 is 2.35 bits per heavy atom. The van der Waals surface area contributed by atoms with Gasteiger partial charge in [-0.05, 0) is 100 Å². The van der Waals surface area contributed by atoms with Crippen LogP contribution in [0.15, 0.2) is 89.5 Å². The van der Waals surface area contributed by atoms with E-state index in [-0.39, 0.29) is 36.0 Å². The molecule has 0 aliphatic carbocycles. The summed E-state index contributed by atoms with van der Waals surface area (Å²) in [4.78, 5) is 80.2. The summed E-state index contributed by atoms with van der Waals surface area (Å²) in [6, 6.07) is 20.7. The van der Waals surface area contributed by atoms with Crippen molar-refractivity contribution < 1.29 is 38.4 Å². The number of nitrogens with one attached hydrogen (secondary N) is 3. The monoisotopic (exact) mass is 813 g/mol. The molecular weight excluding hydrogens is 771 g/mol. The number of anilines is 2. The maximum absolute atomic E-state index is 13.8. The number of thiophene rings is 1. The smallest absolute Gasteiger partial charge is 0.410 e. The molecule has 2 heterocycles. The molecule has 0 radical (unpaired) electrons. The van der Waals surface area contributed by atoms with Gasteiger partial charge in [0.25, 0.3) is 17.5 Å². The van der Waals surface area contributed by atoms with Crippen molar-refractivity contribution in [2.45, 2.75) is 69.8 Å². The van der Waals surface area contributed by atoms with Crippen LogP contribution in [0.3, 0.4) is 0 Å². The number of hydrogen-bond donors (Lipinski definition) is 3. The first-order valence-electron chi connectivity index (χ1n) is 18.2. The zero-order valence-corrected chi connectivity index (χ0v) is 33.7. The van der Waals surface area contributed by atoms with Crippen molar-refractivity contribution >= 4 is 75.3 Å². The predicted molar refractivity (Wildman–Crippen MR) is 219 cm³/mol. The number of nitro groups is 1. The number of nitrogens with zero attached hydrogens (tertiary/aromatic N) is 2. The number of rotatable bonds is 13. The van der Waals surface area contributed by atoms with Crippen molar-refractivity contribution in [2.75, 3.05) is 23.8 Å². The summed E-state index contributed by atoms with van der Waals surface area (Å²) in [6.45, 7) is 9.65. The van der Waals surface area contributed by atoms with Gasteiger partial charge in [-0.25, -0.2) is 9.59 Å². The van der Waals surface area contributed by atoms with Crippen LogP contribution in [0, 0.1) is 10.1 Å². The summed E-state index contributed by atoms with van der Waals surface area (Å²) in [5.74, 6) is -2.08. The van der Waals surface area contributed by atoms with Gasteiger partial charge in [0.1, 0.15) is 16.3 Å². The Balaban J connectivity index is 1.32. The molecule has 0 saturated heterocycles. The molecule has 0 saturated carbocycles. The van der Waals surface area contributed by atoms with E-state index in [1.165, 1.54) is 53.4 Å². The fourth-order valence-corrected chi connectivity index (χ4v) is 7.99. The Hall–Kier alpha value is -6.00. The van der Waals surface area contributed by atoms with Crippen LogP contribution in [-0.2, 0) is 32.0 Å². The highest BCUT2D eigenvalue weighted by atomic mass is 32.2. The van der Waals surface area contributed by atoms with Crippen molar-refractivity contribution in [2.24, 2.45) is 0 Å². The summed E-state index contributed by atoms with van der Waals surface area (Å²) in [5.41, 5.74) is 1.27. The fourth-order valence-electron chi connectivity index (χ4n) is 5.72. The molecule has 4 amide bonds. The van der Waals surface area contributed by atoms with Gasteiger partial charge in [-0.3, -0.25) is 24.5 Å². The molecule has 298 valence electrons. The van der Waals surface area contributed by atoms with Gasteiger partial charge in [0, 0.05) is 39.7 Å². The topological polar surface area (TPSA) is 186 Å². The van der Waals surface area contributed by atoms with Crippen LogP contribution < -0.4 is 16.0 Å². The molecule has 1 aromatic heterocycles. The van der Waals surface area contributed by atoms with Gasteiger partial charge < -0.3 is 30.3 Å². The third-order valence-electron chi connectivity index (χ3n) is 8.40. The highest BCUT2D eigenvalue weighted by Gasteiger charge is 2.33. The van der Waals surface area contributed by atoms with Crippen molar-refractivity contribution in [3.63, 3.8) is 0 Å². The lowest BCUT2D eigenvalue weighted by molar-refractivity contribution is -0.384. The molecule has 14 nitrogen and oxygen atoms in total. The number of ether oxygens (including phenoxy) is 2. The number of thioether (sulfide) groups is 1. The summed E-state index contributed by atoms with van der Waals surface area (Å²) in [6.07, 6.45) is 1.77. The number of amides is 4. The van der Waals surface area contributed by atoms with Crippen molar-refractivity contribution in [3.05, 3.63) is 122 Å². The van der Waals surface area contributed by atoms with Crippen molar-refractivity contribution in [1.29, 1.82) is 0 Å². The van der Waals surface area contributed by atoms with Gasteiger partial charge >= 0.3 is 12.1 Å². The minimum Gasteiger partial charge on any atom is -0.462 e. The van der Waals surface area contributed by atoms with E-state index >= 15 is 0 Å². The molecule has 1 aliphatic rings. The SMILES string of the molecule is CCOC(=O)c1c(NC(=O)C(CC)Sc2cccc(NC(=O)/C(=C\c3ccc([N+](=O)[O-])cc3)NC(=O)c3ccccc3)c2)sc2c1CCN(C(=O)OC(C)(C)C)C2. The molecule has 1 aliphatic heterocycles. The van der Waals surface area contributed by atoms with Gasteiger partial charge in [0.2, 0.25) is 5.91 Å². The Morgan fingerprint density at radius 2 is 1.70 bits per heavy atom. The normalized spacial score (nSPS) is 13.1. The second-order valence-electron chi connectivity index (χ2n) is 13.8. The summed E-state index contributed by atoms with van der Waals surface area (Å²) >= 11 is 2.50. The van der Waals surface area contributed by atoms with Crippen LogP contribution in [0.5, 0.6) is 0 Å². The number of non-ortho nitro benzene ring substituents is 1.